The first-order chi connectivity index (χ1) is 13.0. The number of alkyl halides is 3. The van der Waals surface area contributed by atoms with Gasteiger partial charge in [0.1, 0.15) is 12.0 Å². The topological polar surface area (TPSA) is 26.7 Å². The first-order valence-electron chi connectivity index (χ1n) is 9.47. The second-order valence-electron chi connectivity index (χ2n) is 8.45. The van der Waals surface area contributed by atoms with Gasteiger partial charge in [0, 0.05) is 30.5 Å². The summed E-state index contributed by atoms with van der Waals surface area (Å²) in [5.74, 6) is -0.670. The van der Waals surface area contributed by atoms with Gasteiger partial charge in [-0.05, 0) is 62.6 Å². The van der Waals surface area contributed by atoms with Crippen LogP contribution in [0.25, 0.3) is 0 Å². The molecular formula is C20H23ClF4N2O. The average molecular weight is 419 g/mol. The van der Waals surface area contributed by atoms with Crippen molar-refractivity contribution >= 4 is 17.3 Å². The normalized spacial score (nSPS) is 35.5. The van der Waals surface area contributed by atoms with E-state index in [4.69, 9.17) is 11.6 Å². The van der Waals surface area contributed by atoms with Gasteiger partial charge < -0.3 is 14.9 Å². The Bertz CT molecular complexity index is 798. The summed E-state index contributed by atoms with van der Waals surface area (Å²) in [6.07, 6.45) is -1.79. The van der Waals surface area contributed by atoms with Gasteiger partial charge >= 0.3 is 6.18 Å². The average Bonchev–Trinajstić information content (AvgIpc) is 3.20. The first kappa shape index (κ1) is 19.8. The van der Waals surface area contributed by atoms with E-state index in [1.165, 1.54) is 6.07 Å². The lowest BCUT2D eigenvalue weighted by atomic mass is 9.92. The Morgan fingerprint density at radius 1 is 1.18 bits per heavy atom. The van der Waals surface area contributed by atoms with Gasteiger partial charge in [-0.1, -0.05) is 11.6 Å². The number of hydrogen-bond acceptors (Lipinski definition) is 3. The fourth-order valence-corrected chi connectivity index (χ4v) is 5.39. The number of anilines is 1. The van der Waals surface area contributed by atoms with Crippen molar-refractivity contribution < 1.29 is 22.7 Å². The van der Waals surface area contributed by atoms with Gasteiger partial charge in [-0.2, -0.15) is 13.2 Å². The molecule has 8 heteroatoms. The quantitative estimate of drug-likeness (QED) is 0.673. The van der Waals surface area contributed by atoms with Crippen LogP contribution in [0.3, 0.4) is 0 Å². The van der Waals surface area contributed by atoms with E-state index >= 15 is 0 Å². The predicted molar refractivity (Wildman–Crippen MR) is 99.1 cm³/mol. The highest BCUT2D eigenvalue weighted by molar-refractivity contribution is 6.31. The maximum atomic E-state index is 13.6. The largest absolute Gasteiger partial charge is 0.417 e. The number of halogens is 5. The van der Waals surface area contributed by atoms with Gasteiger partial charge in [-0.25, -0.2) is 4.39 Å². The van der Waals surface area contributed by atoms with Crippen LogP contribution in [0.2, 0.25) is 5.02 Å². The van der Waals surface area contributed by atoms with E-state index in [0.29, 0.717) is 12.8 Å². The molecule has 2 fully saturated rings. The van der Waals surface area contributed by atoms with Crippen molar-refractivity contribution in [2.75, 3.05) is 11.9 Å². The van der Waals surface area contributed by atoms with Crippen molar-refractivity contribution in [3.8, 4) is 0 Å². The minimum absolute atomic E-state index is 0.0101. The third-order valence-electron chi connectivity index (χ3n) is 6.75. The summed E-state index contributed by atoms with van der Waals surface area (Å²) in [5, 5.41) is 10.1. The number of rotatable bonds is 2. The van der Waals surface area contributed by atoms with Crippen molar-refractivity contribution in [2.24, 2.45) is 17.8 Å². The lowest BCUT2D eigenvalue weighted by molar-refractivity contribution is -0.259. The Labute approximate surface area is 166 Å². The molecule has 1 aromatic carbocycles. The van der Waals surface area contributed by atoms with Gasteiger partial charge in [0.15, 0.2) is 5.60 Å². The van der Waals surface area contributed by atoms with Gasteiger partial charge in [-0.3, -0.25) is 0 Å². The molecule has 0 radical (unpaired) electrons. The van der Waals surface area contributed by atoms with Crippen LogP contribution in [-0.4, -0.2) is 35.0 Å². The Morgan fingerprint density at radius 3 is 2.32 bits per heavy atom. The third-order valence-corrected chi connectivity index (χ3v) is 7.04. The van der Waals surface area contributed by atoms with Crippen LogP contribution < -0.4 is 4.90 Å². The number of aliphatic hydroxyl groups is 1. The van der Waals surface area contributed by atoms with Crippen LogP contribution in [-0.2, 0) is 0 Å². The van der Waals surface area contributed by atoms with Crippen molar-refractivity contribution in [3.63, 3.8) is 0 Å². The molecule has 1 aromatic rings. The second kappa shape index (κ2) is 6.52. The minimum atomic E-state index is -4.58. The van der Waals surface area contributed by atoms with E-state index in [0.717, 1.165) is 11.4 Å². The van der Waals surface area contributed by atoms with Crippen LogP contribution in [0.1, 0.15) is 32.6 Å². The maximum absolute atomic E-state index is 13.6. The van der Waals surface area contributed by atoms with Gasteiger partial charge in [0.2, 0.25) is 0 Å². The van der Waals surface area contributed by atoms with E-state index in [-0.39, 0.29) is 41.8 Å². The Hall–Kier alpha value is -1.47. The molecule has 28 heavy (non-hydrogen) atoms. The van der Waals surface area contributed by atoms with Crippen LogP contribution in [0, 0.1) is 23.6 Å². The molecule has 0 bridgehead atoms. The summed E-state index contributed by atoms with van der Waals surface area (Å²) in [5.41, 5.74) is -0.771. The molecule has 2 saturated carbocycles. The van der Waals surface area contributed by atoms with Gasteiger partial charge in [0.05, 0.1) is 5.02 Å². The zero-order valence-electron chi connectivity index (χ0n) is 15.7. The number of benzene rings is 1. The van der Waals surface area contributed by atoms with E-state index in [1.807, 2.05) is 25.1 Å². The highest BCUT2D eigenvalue weighted by Gasteiger charge is 2.62. The summed E-state index contributed by atoms with van der Waals surface area (Å²) in [7, 11) is 1.94. The molecule has 4 rings (SSSR count). The summed E-state index contributed by atoms with van der Waals surface area (Å²) in [4.78, 5) is 4.11. The lowest BCUT2D eigenvalue weighted by Crippen LogP contribution is -2.43. The van der Waals surface area contributed by atoms with Crippen molar-refractivity contribution in [1.29, 1.82) is 0 Å². The molecule has 1 aliphatic heterocycles. The molecule has 0 spiro atoms. The molecule has 3 nitrogen and oxygen atoms in total. The molecular weight excluding hydrogens is 396 g/mol. The highest BCUT2D eigenvalue weighted by Crippen LogP contribution is 2.57. The number of nitrogens with zero attached hydrogens (tertiary/aromatic N) is 2. The molecule has 0 aromatic heterocycles. The lowest BCUT2D eigenvalue weighted by Gasteiger charge is -2.33. The van der Waals surface area contributed by atoms with Crippen LogP contribution in [0.5, 0.6) is 0 Å². The first-order valence-corrected chi connectivity index (χ1v) is 9.85. The van der Waals surface area contributed by atoms with E-state index < -0.39 is 17.6 Å². The van der Waals surface area contributed by atoms with Crippen molar-refractivity contribution in [1.82, 2.24) is 4.90 Å². The second-order valence-corrected chi connectivity index (χ2v) is 8.85. The molecule has 3 unspecified atom stereocenters. The highest BCUT2D eigenvalue weighted by atomic mass is 35.5. The molecule has 0 amide bonds. The van der Waals surface area contributed by atoms with E-state index in [9.17, 15) is 22.7 Å². The Morgan fingerprint density at radius 2 is 1.79 bits per heavy atom. The third kappa shape index (κ3) is 3.07. The monoisotopic (exact) mass is 418 g/mol. The molecule has 1 heterocycles. The molecule has 0 saturated heterocycles. The molecule has 1 N–H and O–H groups in total. The Balaban J connectivity index is 1.56. The zero-order valence-corrected chi connectivity index (χ0v) is 16.4. The predicted octanol–water partition coefficient (Wildman–Crippen LogP) is 5.15. The van der Waals surface area contributed by atoms with Crippen LogP contribution in [0.4, 0.5) is 23.2 Å². The Kier molecular flexibility index (Phi) is 4.62. The van der Waals surface area contributed by atoms with E-state index in [2.05, 4.69) is 4.90 Å². The summed E-state index contributed by atoms with van der Waals surface area (Å²) in [6, 6.07) is 4.58. The fourth-order valence-electron chi connectivity index (χ4n) is 5.21. The fraction of sp³-hybridized carbons (Fsp3) is 0.600. The van der Waals surface area contributed by atoms with Crippen LogP contribution in [0.15, 0.2) is 30.1 Å². The van der Waals surface area contributed by atoms with Gasteiger partial charge in [0.25, 0.3) is 0 Å². The minimum Gasteiger partial charge on any atom is -0.380 e. The SMILES string of the molecule is CC1N(C)C=C(C2CC3CC(O)(C(F)(F)F)CC3C2)N1c1ccc(F)c(Cl)c1. The van der Waals surface area contributed by atoms with Gasteiger partial charge in [-0.15, -0.1) is 0 Å². The summed E-state index contributed by atoms with van der Waals surface area (Å²) in [6.45, 7) is 2.01. The molecule has 3 atom stereocenters. The number of allylic oxidation sites excluding steroid dienone is 1. The van der Waals surface area contributed by atoms with E-state index in [1.54, 1.807) is 12.1 Å². The van der Waals surface area contributed by atoms with Crippen LogP contribution >= 0.6 is 11.6 Å². The molecule has 3 aliphatic rings. The molecule has 154 valence electrons. The zero-order chi connectivity index (χ0) is 20.4. The van der Waals surface area contributed by atoms with Crippen molar-refractivity contribution in [2.45, 2.75) is 50.6 Å². The summed E-state index contributed by atoms with van der Waals surface area (Å²) >= 11 is 5.97. The summed E-state index contributed by atoms with van der Waals surface area (Å²) < 4.78 is 53.2. The standard InChI is InChI=1S/C20H23ClF4N2O/c1-11-26(2)10-18(27(11)15-3-4-17(22)16(21)7-15)12-5-13-8-19(28,20(23,24)25)9-14(13)6-12/h3-4,7,10-14,28H,5-6,8-9H2,1-2H3. The number of hydrogen-bond donors (Lipinski definition) is 1. The smallest absolute Gasteiger partial charge is 0.380 e. The number of fused-ring (bicyclic) bond motifs is 1. The molecule has 2 aliphatic carbocycles. The maximum Gasteiger partial charge on any atom is 0.417 e. The van der Waals surface area contributed by atoms with Crippen molar-refractivity contribution in [3.05, 3.63) is 40.9 Å².